The maximum Gasteiger partial charge on any atom is 0.305 e. The maximum atomic E-state index is 13.7. The van der Waals surface area contributed by atoms with Gasteiger partial charge in [-0.05, 0) is 23.8 Å². The van der Waals surface area contributed by atoms with Gasteiger partial charge in [0.25, 0.3) is 5.91 Å². The molecular formula is C18H18ClFN2O5. The molecule has 0 aliphatic heterocycles. The Hall–Kier alpha value is -2.71. The first-order valence-electron chi connectivity index (χ1n) is 7.96. The zero-order valence-corrected chi connectivity index (χ0v) is 15.2. The fourth-order valence-corrected chi connectivity index (χ4v) is 2.37. The molecule has 1 aromatic carbocycles. The summed E-state index contributed by atoms with van der Waals surface area (Å²) in [6, 6.07) is 5.81. The van der Waals surface area contributed by atoms with Gasteiger partial charge in [0, 0.05) is 24.9 Å². The highest BCUT2D eigenvalue weighted by Crippen LogP contribution is 2.23. The number of methoxy groups -OCH3 is 1. The number of aromatic nitrogens is 1. The standard InChI is InChI=1S/C18H18ClFN2O5/c1-26-6-7-27-16-9-12(4-5-21-16)18(25)22-15(10-17(23)24)11-2-3-13(19)14(20)8-11/h2-5,8-9,15H,6-7,10H2,1H3,(H,22,25)(H,23,24). The minimum absolute atomic E-state index is 0.0915. The largest absolute Gasteiger partial charge is 0.481 e. The molecule has 27 heavy (non-hydrogen) atoms. The van der Waals surface area contributed by atoms with Gasteiger partial charge in [-0.15, -0.1) is 0 Å². The molecule has 2 N–H and O–H groups in total. The Morgan fingerprint density at radius 3 is 2.74 bits per heavy atom. The molecule has 1 amide bonds. The van der Waals surface area contributed by atoms with Crippen molar-refractivity contribution in [3.8, 4) is 5.88 Å². The maximum absolute atomic E-state index is 13.7. The topological polar surface area (TPSA) is 97.8 Å². The molecule has 1 atom stereocenters. The number of carboxylic acids is 1. The second-order valence-electron chi connectivity index (χ2n) is 5.52. The fraction of sp³-hybridized carbons (Fsp3) is 0.278. The van der Waals surface area contributed by atoms with Gasteiger partial charge in [-0.25, -0.2) is 9.37 Å². The first kappa shape index (κ1) is 20.6. The van der Waals surface area contributed by atoms with Crippen LogP contribution in [0.25, 0.3) is 0 Å². The zero-order chi connectivity index (χ0) is 19.8. The lowest BCUT2D eigenvalue weighted by Gasteiger charge is -2.18. The van der Waals surface area contributed by atoms with Crippen molar-refractivity contribution in [1.82, 2.24) is 10.3 Å². The van der Waals surface area contributed by atoms with Crippen molar-refractivity contribution in [3.63, 3.8) is 0 Å². The van der Waals surface area contributed by atoms with Crippen LogP contribution in [0.5, 0.6) is 5.88 Å². The summed E-state index contributed by atoms with van der Waals surface area (Å²) in [7, 11) is 1.53. The van der Waals surface area contributed by atoms with Gasteiger partial charge in [-0.1, -0.05) is 17.7 Å². The minimum Gasteiger partial charge on any atom is -0.481 e. The Morgan fingerprint density at radius 2 is 2.07 bits per heavy atom. The van der Waals surface area contributed by atoms with E-state index in [-0.39, 0.29) is 23.1 Å². The zero-order valence-electron chi connectivity index (χ0n) is 14.4. The van der Waals surface area contributed by atoms with Gasteiger partial charge in [-0.3, -0.25) is 9.59 Å². The van der Waals surface area contributed by atoms with E-state index in [0.29, 0.717) is 12.2 Å². The van der Waals surface area contributed by atoms with Crippen LogP contribution in [0, 0.1) is 5.82 Å². The summed E-state index contributed by atoms with van der Waals surface area (Å²) in [5.74, 6) is -2.16. The van der Waals surface area contributed by atoms with E-state index in [0.717, 1.165) is 6.07 Å². The number of carbonyl (C=O) groups excluding carboxylic acids is 1. The molecule has 1 unspecified atom stereocenters. The molecule has 7 nitrogen and oxygen atoms in total. The Morgan fingerprint density at radius 1 is 1.30 bits per heavy atom. The van der Waals surface area contributed by atoms with E-state index in [9.17, 15) is 14.0 Å². The van der Waals surface area contributed by atoms with Crippen molar-refractivity contribution in [2.45, 2.75) is 12.5 Å². The van der Waals surface area contributed by atoms with Gasteiger partial charge < -0.3 is 19.9 Å². The first-order valence-corrected chi connectivity index (χ1v) is 8.34. The molecule has 0 fully saturated rings. The lowest BCUT2D eigenvalue weighted by molar-refractivity contribution is -0.137. The third-order valence-electron chi connectivity index (χ3n) is 3.56. The Balaban J connectivity index is 2.16. The Bertz CT molecular complexity index is 818. The van der Waals surface area contributed by atoms with Crippen LogP contribution in [0.15, 0.2) is 36.5 Å². The molecule has 0 aliphatic rings. The van der Waals surface area contributed by atoms with Crippen LogP contribution < -0.4 is 10.1 Å². The van der Waals surface area contributed by atoms with Gasteiger partial charge >= 0.3 is 5.97 Å². The summed E-state index contributed by atoms with van der Waals surface area (Å²) in [4.78, 5) is 27.6. The van der Waals surface area contributed by atoms with Crippen LogP contribution in [-0.2, 0) is 9.53 Å². The van der Waals surface area contributed by atoms with Crippen molar-refractivity contribution >= 4 is 23.5 Å². The van der Waals surface area contributed by atoms with E-state index in [1.807, 2.05) is 0 Å². The SMILES string of the molecule is COCCOc1cc(C(=O)NC(CC(=O)O)c2ccc(Cl)c(F)c2)ccn1. The number of rotatable bonds is 9. The van der Waals surface area contributed by atoms with Crippen LogP contribution in [-0.4, -0.2) is 42.3 Å². The number of hydrogen-bond donors (Lipinski definition) is 2. The van der Waals surface area contributed by atoms with E-state index in [4.69, 9.17) is 26.2 Å². The smallest absolute Gasteiger partial charge is 0.305 e. The molecule has 1 heterocycles. The monoisotopic (exact) mass is 396 g/mol. The number of halogens is 2. The van der Waals surface area contributed by atoms with Crippen LogP contribution in [0.3, 0.4) is 0 Å². The molecule has 0 saturated heterocycles. The third-order valence-corrected chi connectivity index (χ3v) is 3.87. The van der Waals surface area contributed by atoms with Crippen molar-refractivity contribution in [2.75, 3.05) is 20.3 Å². The highest BCUT2D eigenvalue weighted by atomic mass is 35.5. The molecule has 9 heteroatoms. The highest BCUT2D eigenvalue weighted by Gasteiger charge is 2.20. The number of aliphatic carboxylic acids is 1. The lowest BCUT2D eigenvalue weighted by Crippen LogP contribution is -2.30. The second kappa shape index (κ2) is 9.84. The minimum atomic E-state index is -1.14. The van der Waals surface area contributed by atoms with Crippen LogP contribution in [0.1, 0.15) is 28.4 Å². The number of nitrogens with one attached hydrogen (secondary N) is 1. The highest BCUT2D eigenvalue weighted by molar-refractivity contribution is 6.30. The van der Waals surface area contributed by atoms with Crippen molar-refractivity contribution < 1.29 is 28.6 Å². The fourth-order valence-electron chi connectivity index (χ4n) is 2.26. The molecule has 0 spiro atoms. The van der Waals surface area contributed by atoms with Crippen LogP contribution in [0.4, 0.5) is 4.39 Å². The number of benzene rings is 1. The molecule has 0 aliphatic carbocycles. The average molecular weight is 397 g/mol. The Labute approximate surface area is 160 Å². The van der Waals surface area contributed by atoms with E-state index in [1.165, 1.54) is 37.6 Å². The van der Waals surface area contributed by atoms with Crippen molar-refractivity contribution in [1.29, 1.82) is 0 Å². The number of carboxylic acid groups (broad SMARTS) is 1. The summed E-state index contributed by atoms with van der Waals surface area (Å²) in [5, 5.41) is 11.6. The Kier molecular flexibility index (Phi) is 7.51. The van der Waals surface area contributed by atoms with Crippen LogP contribution in [0.2, 0.25) is 5.02 Å². The van der Waals surface area contributed by atoms with Gasteiger partial charge in [-0.2, -0.15) is 0 Å². The normalized spacial score (nSPS) is 11.7. The van der Waals surface area contributed by atoms with Gasteiger partial charge in [0.15, 0.2) is 0 Å². The quantitative estimate of drug-likeness (QED) is 0.632. The number of carbonyl (C=O) groups is 2. The molecule has 0 radical (unpaired) electrons. The predicted molar refractivity (Wildman–Crippen MR) is 95.5 cm³/mol. The van der Waals surface area contributed by atoms with Gasteiger partial charge in [0.1, 0.15) is 12.4 Å². The summed E-state index contributed by atoms with van der Waals surface area (Å²) >= 11 is 5.65. The molecule has 0 saturated carbocycles. The van der Waals surface area contributed by atoms with Crippen LogP contribution >= 0.6 is 11.6 Å². The number of ether oxygens (including phenoxy) is 2. The first-order chi connectivity index (χ1) is 12.9. The summed E-state index contributed by atoms with van der Waals surface area (Å²) in [6.07, 6.45) is 0.973. The number of amides is 1. The molecule has 0 bridgehead atoms. The molecule has 1 aromatic heterocycles. The van der Waals surface area contributed by atoms with E-state index >= 15 is 0 Å². The predicted octanol–water partition coefficient (Wildman–Crippen LogP) is 2.85. The molecular weight excluding hydrogens is 379 g/mol. The third kappa shape index (κ3) is 6.19. The summed E-state index contributed by atoms with van der Waals surface area (Å²) < 4.78 is 23.9. The molecule has 2 aromatic rings. The summed E-state index contributed by atoms with van der Waals surface area (Å²) in [5.41, 5.74) is 0.514. The summed E-state index contributed by atoms with van der Waals surface area (Å²) in [6.45, 7) is 0.626. The lowest BCUT2D eigenvalue weighted by atomic mass is 10.0. The number of pyridine rings is 1. The number of hydrogen-bond acceptors (Lipinski definition) is 5. The van der Waals surface area contributed by atoms with E-state index < -0.39 is 30.2 Å². The van der Waals surface area contributed by atoms with Gasteiger partial charge in [0.2, 0.25) is 5.88 Å². The van der Waals surface area contributed by atoms with E-state index in [1.54, 1.807) is 0 Å². The van der Waals surface area contributed by atoms with E-state index in [2.05, 4.69) is 10.3 Å². The van der Waals surface area contributed by atoms with Crippen molar-refractivity contribution in [3.05, 3.63) is 58.5 Å². The molecule has 2 rings (SSSR count). The number of nitrogens with zero attached hydrogens (tertiary/aromatic N) is 1. The average Bonchev–Trinajstić information content (AvgIpc) is 2.63. The second-order valence-corrected chi connectivity index (χ2v) is 5.93. The van der Waals surface area contributed by atoms with Gasteiger partial charge in [0.05, 0.1) is 24.1 Å². The molecule has 144 valence electrons. The van der Waals surface area contributed by atoms with Crippen molar-refractivity contribution in [2.24, 2.45) is 0 Å².